The van der Waals surface area contributed by atoms with Gasteiger partial charge in [-0.2, -0.15) is 0 Å². The highest BCUT2D eigenvalue weighted by atomic mass is 16.3. The third-order valence-electron chi connectivity index (χ3n) is 1.76. The second-order valence-electron chi connectivity index (χ2n) is 4.07. The van der Waals surface area contributed by atoms with Gasteiger partial charge in [0.05, 0.1) is 0 Å². The first-order valence-electron chi connectivity index (χ1n) is 4.53. The van der Waals surface area contributed by atoms with Crippen LogP contribution in [0.15, 0.2) is 0 Å². The maximum Gasteiger partial charge on any atom is 0.220 e. The first-order valence-corrected chi connectivity index (χ1v) is 4.53. The van der Waals surface area contributed by atoms with Crippen molar-refractivity contribution in [2.24, 2.45) is 11.1 Å². The standard InChI is InChI=1S/C9H18N2O3/c1-9(2,6-12)5-8(14)11-4-3-7(10)13/h12H,3-6H2,1-2H3,(H2,10,13)(H,11,14). The van der Waals surface area contributed by atoms with E-state index in [2.05, 4.69) is 5.32 Å². The molecule has 0 fully saturated rings. The highest BCUT2D eigenvalue weighted by Gasteiger charge is 2.20. The Morgan fingerprint density at radius 1 is 1.43 bits per heavy atom. The molecule has 14 heavy (non-hydrogen) atoms. The predicted molar refractivity (Wildman–Crippen MR) is 52.3 cm³/mol. The molecule has 0 aliphatic carbocycles. The minimum Gasteiger partial charge on any atom is -0.396 e. The monoisotopic (exact) mass is 202 g/mol. The summed E-state index contributed by atoms with van der Waals surface area (Å²) in [6.45, 7) is 3.80. The third kappa shape index (κ3) is 6.42. The number of amides is 2. The number of aliphatic hydroxyl groups is 1. The van der Waals surface area contributed by atoms with Crippen molar-refractivity contribution in [3.05, 3.63) is 0 Å². The molecule has 0 aromatic rings. The molecule has 0 aromatic heterocycles. The van der Waals surface area contributed by atoms with E-state index in [4.69, 9.17) is 10.8 Å². The summed E-state index contributed by atoms with van der Waals surface area (Å²) in [7, 11) is 0. The minimum absolute atomic E-state index is 0.0454. The van der Waals surface area contributed by atoms with Crippen LogP contribution in [0.5, 0.6) is 0 Å². The molecular weight excluding hydrogens is 184 g/mol. The average molecular weight is 202 g/mol. The van der Waals surface area contributed by atoms with Gasteiger partial charge in [0.2, 0.25) is 11.8 Å². The fourth-order valence-corrected chi connectivity index (χ4v) is 0.878. The summed E-state index contributed by atoms with van der Waals surface area (Å²) < 4.78 is 0. The van der Waals surface area contributed by atoms with Crippen molar-refractivity contribution in [3.8, 4) is 0 Å². The van der Waals surface area contributed by atoms with Gasteiger partial charge in [0.25, 0.3) is 0 Å². The molecule has 0 saturated heterocycles. The number of nitrogens with one attached hydrogen (secondary N) is 1. The Morgan fingerprint density at radius 2 is 2.00 bits per heavy atom. The Hall–Kier alpha value is -1.10. The largest absolute Gasteiger partial charge is 0.396 e. The van der Waals surface area contributed by atoms with Crippen LogP contribution in [0, 0.1) is 5.41 Å². The molecule has 82 valence electrons. The van der Waals surface area contributed by atoms with Gasteiger partial charge in [0.1, 0.15) is 0 Å². The Kier molecular flexibility index (Phi) is 5.15. The number of aliphatic hydroxyl groups excluding tert-OH is 1. The van der Waals surface area contributed by atoms with E-state index >= 15 is 0 Å². The van der Waals surface area contributed by atoms with E-state index in [0.29, 0.717) is 0 Å². The molecule has 0 radical (unpaired) electrons. The van der Waals surface area contributed by atoms with Crippen LogP contribution in [-0.4, -0.2) is 30.1 Å². The SMILES string of the molecule is CC(C)(CO)CC(=O)NCCC(N)=O. The number of carbonyl (C=O) groups excluding carboxylic acids is 2. The van der Waals surface area contributed by atoms with Crippen molar-refractivity contribution in [3.63, 3.8) is 0 Å². The van der Waals surface area contributed by atoms with Gasteiger partial charge in [0.15, 0.2) is 0 Å². The summed E-state index contributed by atoms with van der Waals surface area (Å²) in [5.74, 6) is -0.614. The molecule has 0 bridgehead atoms. The van der Waals surface area contributed by atoms with Crippen molar-refractivity contribution in [1.82, 2.24) is 5.32 Å². The molecule has 0 rings (SSSR count). The highest BCUT2D eigenvalue weighted by molar-refractivity contribution is 5.78. The van der Waals surface area contributed by atoms with Crippen LogP contribution in [0.25, 0.3) is 0 Å². The Morgan fingerprint density at radius 3 is 2.43 bits per heavy atom. The summed E-state index contributed by atoms with van der Waals surface area (Å²) in [6.07, 6.45) is 0.382. The van der Waals surface area contributed by atoms with Crippen molar-refractivity contribution in [1.29, 1.82) is 0 Å². The van der Waals surface area contributed by atoms with E-state index < -0.39 is 11.3 Å². The number of primary amides is 1. The normalized spacial score (nSPS) is 11.1. The van der Waals surface area contributed by atoms with Crippen LogP contribution in [0.4, 0.5) is 0 Å². The van der Waals surface area contributed by atoms with E-state index in [1.807, 2.05) is 0 Å². The van der Waals surface area contributed by atoms with Gasteiger partial charge in [-0.1, -0.05) is 13.8 Å². The molecular formula is C9H18N2O3. The topological polar surface area (TPSA) is 92.4 Å². The summed E-state index contributed by atoms with van der Waals surface area (Å²) in [5, 5.41) is 11.5. The summed E-state index contributed by atoms with van der Waals surface area (Å²) in [4.78, 5) is 21.6. The van der Waals surface area contributed by atoms with Gasteiger partial charge in [-0.15, -0.1) is 0 Å². The van der Waals surface area contributed by atoms with E-state index in [0.717, 1.165) is 0 Å². The number of carbonyl (C=O) groups is 2. The van der Waals surface area contributed by atoms with E-state index in [1.54, 1.807) is 13.8 Å². The van der Waals surface area contributed by atoms with Gasteiger partial charge in [-0.05, 0) is 5.41 Å². The van der Waals surface area contributed by atoms with Crippen LogP contribution in [-0.2, 0) is 9.59 Å². The molecule has 5 heteroatoms. The number of nitrogens with two attached hydrogens (primary N) is 1. The molecule has 0 spiro atoms. The smallest absolute Gasteiger partial charge is 0.220 e. The van der Waals surface area contributed by atoms with Crippen LogP contribution in [0.1, 0.15) is 26.7 Å². The van der Waals surface area contributed by atoms with Crippen LogP contribution < -0.4 is 11.1 Å². The molecule has 0 atom stereocenters. The van der Waals surface area contributed by atoms with Crippen LogP contribution >= 0.6 is 0 Å². The average Bonchev–Trinajstić information content (AvgIpc) is 2.02. The van der Waals surface area contributed by atoms with Gasteiger partial charge in [-0.25, -0.2) is 0 Å². The quantitative estimate of drug-likeness (QED) is 0.536. The zero-order valence-electron chi connectivity index (χ0n) is 8.67. The van der Waals surface area contributed by atoms with Gasteiger partial charge in [-0.3, -0.25) is 9.59 Å². The van der Waals surface area contributed by atoms with E-state index in [1.165, 1.54) is 0 Å². The lowest BCUT2D eigenvalue weighted by atomic mass is 9.90. The van der Waals surface area contributed by atoms with E-state index in [-0.39, 0.29) is 31.9 Å². The van der Waals surface area contributed by atoms with Gasteiger partial charge in [0, 0.05) is 26.0 Å². The van der Waals surface area contributed by atoms with Gasteiger partial charge < -0.3 is 16.2 Å². The lowest BCUT2D eigenvalue weighted by molar-refractivity contribution is -0.123. The molecule has 2 amide bonds. The van der Waals surface area contributed by atoms with Crippen molar-refractivity contribution >= 4 is 11.8 Å². The second-order valence-corrected chi connectivity index (χ2v) is 4.07. The first kappa shape index (κ1) is 12.9. The maximum absolute atomic E-state index is 11.2. The zero-order valence-corrected chi connectivity index (χ0v) is 8.67. The first-order chi connectivity index (χ1) is 6.37. The molecule has 0 unspecified atom stereocenters. The highest BCUT2D eigenvalue weighted by Crippen LogP contribution is 2.18. The molecule has 0 heterocycles. The fourth-order valence-electron chi connectivity index (χ4n) is 0.878. The second kappa shape index (κ2) is 5.59. The van der Waals surface area contributed by atoms with Crippen molar-refractivity contribution in [2.45, 2.75) is 26.7 Å². The molecule has 0 aromatic carbocycles. The Labute approximate surface area is 83.7 Å². The zero-order chi connectivity index (χ0) is 11.2. The Bertz CT molecular complexity index is 214. The predicted octanol–water partition coefficient (Wildman–Crippen LogP) is -0.613. The maximum atomic E-state index is 11.2. The number of hydrogen-bond acceptors (Lipinski definition) is 3. The van der Waals surface area contributed by atoms with Crippen LogP contribution in [0.2, 0.25) is 0 Å². The number of hydrogen-bond donors (Lipinski definition) is 3. The minimum atomic E-state index is -0.438. The molecule has 0 aliphatic heterocycles. The van der Waals surface area contributed by atoms with Gasteiger partial charge >= 0.3 is 0 Å². The molecule has 5 nitrogen and oxygen atoms in total. The third-order valence-corrected chi connectivity index (χ3v) is 1.76. The summed E-state index contributed by atoms with van der Waals surface area (Å²) in [6, 6.07) is 0. The number of rotatable bonds is 6. The van der Waals surface area contributed by atoms with E-state index in [9.17, 15) is 9.59 Å². The lowest BCUT2D eigenvalue weighted by Crippen LogP contribution is -2.32. The van der Waals surface area contributed by atoms with Crippen molar-refractivity contribution < 1.29 is 14.7 Å². The molecule has 4 N–H and O–H groups in total. The summed E-state index contributed by atoms with van der Waals surface area (Å²) >= 11 is 0. The molecule has 0 saturated carbocycles. The summed E-state index contributed by atoms with van der Waals surface area (Å²) in [5.41, 5.74) is 4.48. The Balaban J connectivity index is 3.71. The van der Waals surface area contributed by atoms with Crippen molar-refractivity contribution in [2.75, 3.05) is 13.2 Å². The molecule has 0 aliphatic rings. The lowest BCUT2D eigenvalue weighted by Gasteiger charge is -2.20. The van der Waals surface area contributed by atoms with Crippen LogP contribution in [0.3, 0.4) is 0 Å². The fraction of sp³-hybridized carbons (Fsp3) is 0.778.